The summed E-state index contributed by atoms with van der Waals surface area (Å²) in [7, 11) is 0. The zero-order chi connectivity index (χ0) is 16.2. The maximum atomic E-state index is 4.67. The van der Waals surface area contributed by atoms with Crippen LogP contribution in [0.25, 0.3) is 21.2 Å². The number of fused-ring (bicyclic) bond motifs is 1. The molecule has 120 valence electrons. The minimum atomic E-state index is 0.882. The zero-order valence-electron chi connectivity index (χ0n) is 13.2. The Balaban J connectivity index is 1.54. The number of hydrogen-bond acceptors (Lipinski definition) is 4. The van der Waals surface area contributed by atoms with Crippen molar-refractivity contribution in [3.63, 3.8) is 0 Å². The third kappa shape index (κ3) is 3.03. The maximum Gasteiger partial charge on any atom is 0.133 e. The highest BCUT2D eigenvalue weighted by Gasteiger charge is 2.09. The van der Waals surface area contributed by atoms with E-state index in [-0.39, 0.29) is 0 Å². The third-order valence-corrected chi connectivity index (χ3v) is 4.93. The Bertz CT molecular complexity index is 914. The largest absolute Gasteiger partial charge is 0.369 e. The van der Waals surface area contributed by atoms with E-state index in [0.29, 0.717) is 0 Å². The van der Waals surface area contributed by atoms with Crippen LogP contribution in [0.5, 0.6) is 0 Å². The molecule has 0 aliphatic heterocycles. The first-order valence-electron chi connectivity index (χ1n) is 8.03. The highest BCUT2D eigenvalue weighted by Crippen LogP contribution is 2.33. The Morgan fingerprint density at radius 3 is 2.79 bits per heavy atom. The molecule has 4 aromatic rings. The van der Waals surface area contributed by atoms with Crippen LogP contribution in [0.4, 0.5) is 5.82 Å². The molecule has 0 radical (unpaired) electrons. The average Bonchev–Trinajstić information content (AvgIpc) is 3.32. The summed E-state index contributed by atoms with van der Waals surface area (Å²) >= 11 is 1.75. The summed E-state index contributed by atoms with van der Waals surface area (Å²) in [4.78, 5) is 9.99. The normalized spacial score (nSPS) is 11.0. The minimum Gasteiger partial charge on any atom is -0.369 e. The highest BCUT2D eigenvalue weighted by molar-refractivity contribution is 7.13. The van der Waals surface area contributed by atoms with Gasteiger partial charge in [-0.1, -0.05) is 30.3 Å². The number of imidazole rings is 1. The van der Waals surface area contributed by atoms with E-state index in [1.54, 1.807) is 11.3 Å². The van der Waals surface area contributed by atoms with Crippen LogP contribution in [-0.4, -0.2) is 21.1 Å². The quantitative estimate of drug-likeness (QED) is 0.521. The SMILES string of the molecule is c1csc(-c2cnc(NCCCn3ccnc3)c3ccccc23)c1. The Kier molecular flexibility index (Phi) is 4.25. The lowest BCUT2D eigenvalue weighted by Gasteiger charge is -2.11. The molecule has 1 aromatic carbocycles. The number of nitrogens with one attached hydrogen (secondary N) is 1. The van der Waals surface area contributed by atoms with E-state index in [1.807, 2.05) is 24.9 Å². The fraction of sp³-hybridized carbons (Fsp3) is 0.158. The van der Waals surface area contributed by atoms with E-state index in [4.69, 9.17) is 0 Å². The summed E-state index contributed by atoms with van der Waals surface area (Å²) in [5.41, 5.74) is 1.20. The van der Waals surface area contributed by atoms with Crippen molar-refractivity contribution in [1.29, 1.82) is 0 Å². The predicted octanol–water partition coefficient (Wildman–Crippen LogP) is 4.66. The van der Waals surface area contributed by atoms with E-state index in [1.165, 1.54) is 21.2 Å². The molecule has 3 aromatic heterocycles. The monoisotopic (exact) mass is 334 g/mol. The minimum absolute atomic E-state index is 0.882. The van der Waals surface area contributed by atoms with Crippen molar-refractivity contribution in [3.05, 3.63) is 66.7 Å². The molecule has 0 saturated heterocycles. The van der Waals surface area contributed by atoms with E-state index in [0.717, 1.165) is 25.3 Å². The van der Waals surface area contributed by atoms with Gasteiger partial charge in [0.05, 0.1) is 6.33 Å². The second-order valence-corrected chi connectivity index (χ2v) is 6.57. The molecular weight excluding hydrogens is 316 g/mol. The van der Waals surface area contributed by atoms with Crippen LogP contribution in [0.3, 0.4) is 0 Å². The van der Waals surface area contributed by atoms with Gasteiger partial charge in [-0.15, -0.1) is 11.3 Å². The molecule has 0 fully saturated rings. The van der Waals surface area contributed by atoms with Gasteiger partial charge in [0, 0.05) is 47.5 Å². The highest BCUT2D eigenvalue weighted by atomic mass is 32.1. The van der Waals surface area contributed by atoms with Crippen molar-refractivity contribution < 1.29 is 0 Å². The van der Waals surface area contributed by atoms with Gasteiger partial charge in [-0.25, -0.2) is 9.97 Å². The number of thiophene rings is 1. The van der Waals surface area contributed by atoms with E-state index < -0.39 is 0 Å². The summed E-state index contributed by atoms with van der Waals surface area (Å²) in [6, 6.07) is 12.7. The van der Waals surface area contributed by atoms with Crippen molar-refractivity contribution in [2.75, 3.05) is 11.9 Å². The molecule has 5 heteroatoms. The second kappa shape index (κ2) is 6.84. The number of rotatable bonds is 6. The molecule has 0 unspecified atom stereocenters. The topological polar surface area (TPSA) is 42.7 Å². The number of benzene rings is 1. The van der Waals surface area contributed by atoms with E-state index in [9.17, 15) is 0 Å². The van der Waals surface area contributed by atoms with Crippen LogP contribution in [-0.2, 0) is 6.54 Å². The Morgan fingerprint density at radius 2 is 2.00 bits per heavy atom. The molecule has 0 saturated carbocycles. The summed E-state index contributed by atoms with van der Waals surface area (Å²) in [6.45, 7) is 1.84. The number of hydrogen-bond donors (Lipinski definition) is 1. The van der Waals surface area contributed by atoms with Crippen LogP contribution < -0.4 is 5.32 Å². The zero-order valence-corrected chi connectivity index (χ0v) is 14.0. The molecule has 1 N–H and O–H groups in total. The molecule has 0 atom stereocenters. The van der Waals surface area contributed by atoms with E-state index in [2.05, 4.69) is 61.6 Å². The van der Waals surface area contributed by atoms with Gasteiger partial charge in [-0.05, 0) is 23.3 Å². The molecular formula is C19H18N4S. The molecule has 0 aliphatic rings. The lowest BCUT2D eigenvalue weighted by Crippen LogP contribution is -2.07. The first-order chi connectivity index (χ1) is 11.9. The molecule has 24 heavy (non-hydrogen) atoms. The number of pyridine rings is 1. The van der Waals surface area contributed by atoms with Gasteiger partial charge >= 0.3 is 0 Å². The smallest absolute Gasteiger partial charge is 0.133 e. The van der Waals surface area contributed by atoms with Crippen molar-refractivity contribution in [3.8, 4) is 10.4 Å². The summed E-state index contributed by atoms with van der Waals surface area (Å²) < 4.78 is 2.09. The van der Waals surface area contributed by atoms with Gasteiger partial charge < -0.3 is 9.88 Å². The Hall–Kier alpha value is -2.66. The average molecular weight is 334 g/mol. The molecule has 0 amide bonds. The lowest BCUT2D eigenvalue weighted by atomic mass is 10.1. The van der Waals surface area contributed by atoms with E-state index >= 15 is 0 Å². The Labute approximate surface area is 144 Å². The standard InChI is InChI=1S/C19H18N4S/c1-2-6-16-15(5-1)17(18-7-3-12-24-18)13-22-19(16)21-8-4-10-23-11-9-20-14-23/h1-3,5-7,9,11-14H,4,8,10H2,(H,21,22). The summed E-state index contributed by atoms with van der Waals surface area (Å²) in [5.74, 6) is 0.955. The lowest BCUT2D eigenvalue weighted by molar-refractivity contribution is 0.660. The number of aryl methyl sites for hydroxylation is 1. The predicted molar refractivity (Wildman–Crippen MR) is 100 cm³/mol. The molecule has 0 spiro atoms. The van der Waals surface area contributed by atoms with Gasteiger partial charge in [-0.3, -0.25) is 0 Å². The summed E-state index contributed by atoms with van der Waals surface area (Å²) in [5, 5.41) is 8.00. The fourth-order valence-corrected chi connectivity index (χ4v) is 3.60. The van der Waals surface area contributed by atoms with Crippen molar-refractivity contribution >= 4 is 27.9 Å². The number of nitrogens with zero attached hydrogens (tertiary/aromatic N) is 3. The van der Waals surface area contributed by atoms with Crippen LogP contribution in [0, 0.1) is 0 Å². The molecule has 4 nitrogen and oxygen atoms in total. The van der Waals surface area contributed by atoms with Crippen molar-refractivity contribution in [2.45, 2.75) is 13.0 Å². The molecule has 0 aliphatic carbocycles. The van der Waals surface area contributed by atoms with Crippen LogP contribution >= 0.6 is 11.3 Å². The van der Waals surface area contributed by atoms with Crippen LogP contribution in [0.1, 0.15) is 6.42 Å². The molecule has 0 bridgehead atoms. The van der Waals surface area contributed by atoms with Gasteiger partial charge in [0.2, 0.25) is 0 Å². The first kappa shape index (κ1) is 14.9. The van der Waals surface area contributed by atoms with Gasteiger partial charge in [0.25, 0.3) is 0 Å². The van der Waals surface area contributed by atoms with Gasteiger partial charge in [0.15, 0.2) is 0 Å². The molecule has 3 heterocycles. The van der Waals surface area contributed by atoms with Crippen LogP contribution in [0.15, 0.2) is 66.7 Å². The number of anilines is 1. The number of aromatic nitrogens is 3. The summed E-state index contributed by atoms with van der Waals surface area (Å²) in [6.07, 6.45) is 8.66. The van der Waals surface area contributed by atoms with Crippen LogP contribution in [0.2, 0.25) is 0 Å². The van der Waals surface area contributed by atoms with Gasteiger partial charge in [-0.2, -0.15) is 0 Å². The fourth-order valence-electron chi connectivity index (χ4n) is 2.85. The first-order valence-corrected chi connectivity index (χ1v) is 8.91. The Morgan fingerprint density at radius 1 is 1.08 bits per heavy atom. The third-order valence-electron chi connectivity index (χ3n) is 4.03. The maximum absolute atomic E-state index is 4.67. The van der Waals surface area contributed by atoms with Crippen molar-refractivity contribution in [2.24, 2.45) is 0 Å². The molecule has 4 rings (SSSR count). The second-order valence-electron chi connectivity index (χ2n) is 5.62. The van der Waals surface area contributed by atoms with Crippen molar-refractivity contribution in [1.82, 2.24) is 14.5 Å². The van der Waals surface area contributed by atoms with Gasteiger partial charge in [0.1, 0.15) is 5.82 Å².